The largest absolute Gasteiger partial charge is 0.431 e. The van der Waals surface area contributed by atoms with Gasteiger partial charge in [0.15, 0.2) is 0 Å². The molecule has 0 aliphatic heterocycles. The van der Waals surface area contributed by atoms with Crippen molar-refractivity contribution in [3.8, 4) is 23.0 Å². The molecule has 5 rings (SSSR count). The molecule has 53 heavy (non-hydrogen) atoms. The number of hydrogen-bond acceptors (Lipinski definition) is 12. The molecule has 0 radical (unpaired) electrons. The average molecular weight is 723 g/mol. The van der Waals surface area contributed by atoms with Gasteiger partial charge in [0.05, 0.1) is 0 Å². The smallest absolute Gasteiger partial charge is 0.308 e. The summed E-state index contributed by atoms with van der Waals surface area (Å²) in [4.78, 5) is 72.7. The number of allylic oxidation sites excluding steroid dienone is 5. The third-order valence-electron chi connectivity index (χ3n) is 8.44. The molecule has 2 aliphatic carbocycles. The van der Waals surface area contributed by atoms with E-state index in [1.54, 1.807) is 60.7 Å². The molecule has 274 valence electrons. The van der Waals surface area contributed by atoms with E-state index < -0.39 is 53.6 Å². The quantitative estimate of drug-likeness (QED) is 0.162. The fraction of sp³-hybridized carbons (Fsp3) is 0.268. The van der Waals surface area contributed by atoms with Crippen molar-refractivity contribution in [1.29, 1.82) is 0 Å². The molecule has 0 saturated heterocycles. The van der Waals surface area contributed by atoms with Crippen LogP contribution in [0.25, 0.3) is 5.57 Å². The molecule has 0 bridgehead atoms. The van der Waals surface area contributed by atoms with Crippen molar-refractivity contribution in [2.75, 3.05) is 0 Å². The van der Waals surface area contributed by atoms with Crippen LogP contribution in [0.15, 0.2) is 89.9 Å². The number of benzene rings is 3. The van der Waals surface area contributed by atoms with Crippen molar-refractivity contribution in [2.45, 2.75) is 60.8 Å². The summed E-state index contributed by atoms with van der Waals surface area (Å²) < 4.78 is 33.2. The first-order valence-electron chi connectivity index (χ1n) is 16.7. The van der Waals surface area contributed by atoms with Crippen molar-refractivity contribution in [1.82, 2.24) is 0 Å². The molecule has 12 heteroatoms. The van der Waals surface area contributed by atoms with Gasteiger partial charge < -0.3 is 28.4 Å². The molecular weight excluding hydrogens is 684 g/mol. The summed E-state index contributed by atoms with van der Waals surface area (Å²) in [6.07, 6.45) is 3.56. The summed E-state index contributed by atoms with van der Waals surface area (Å²) in [5.41, 5.74) is 4.22. The maximum Gasteiger partial charge on any atom is 0.308 e. The Kier molecular flexibility index (Phi) is 11.4. The van der Waals surface area contributed by atoms with Gasteiger partial charge in [0.2, 0.25) is 0 Å². The highest BCUT2D eigenvalue weighted by molar-refractivity contribution is 5.87. The van der Waals surface area contributed by atoms with Gasteiger partial charge in [0.25, 0.3) is 0 Å². The minimum Gasteiger partial charge on any atom is -0.431 e. The van der Waals surface area contributed by atoms with Crippen LogP contribution in [0.4, 0.5) is 0 Å². The Morgan fingerprint density at radius 3 is 1.62 bits per heavy atom. The number of fused-ring (bicyclic) bond motifs is 1. The Balaban J connectivity index is 1.84. The van der Waals surface area contributed by atoms with E-state index in [4.69, 9.17) is 28.4 Å². The summed E-state index contributed by atoms with van der Waals surface area (Å²) in [5, 5.41) is 0. The Labute approximate surface area is 306 Å². The van der Waals surface area contributed by atoms with E-state index in [1.807, 2.05) is 6.92 Å². The standard InChI is InChI=1S/C41H38O12/c1-21-34(17-32(50-24(4)44)19-37(21)52-26(6)46)40-35(16-28-8-12-30(13-9-28)48-22(2)42)36-18-33(51-25(5)45)20-38(53-27(7)47)41(36)39(40)29-10-14-31(15-11-29)49-23(3)43/h8-15,17-21,34,39H,16H2,1-7H3/t21?,34?,39-/m1/s1. The first-order chi connectivity index (χ1) is 25.1. The fourth-order valence-electron chi connectivity index (χ4n) is 6.67. The average Bonchev–Trinajstić information content (AvgIpc) is 3.35. The summed E-state index contributed by atoms with van der Waals surface area (Å²) in [5.74, 6) is -3.68. The van der Waals surface area contributed by atoms with E-state index in [2.05, 4.69) is 0 Å². The lowest BCUT2D eigenvalue weighted by atomic mass is 9.74. The van der Waals surface area contributed by atoms with Gasteiger partial charge in [0.1, 0.15) is 34.5 Å². The highest BCUT2D eigenvalue weighted by atomic mass is 16.6. The van der Waals surface area contributed by atoms with Crippen LogP contribution in [0.2, 0.25) is 0 Å². The number of hydrogen-bond donors (Lipinski definition) is 0. The van der Waals surface area contributed by atoms with Crippen molar-refractivity contribution < 1.29 is 57.2 Å². The van der Waals surface area contributed by atoms with Crippen LogP contribution in [-0.2, 0) is 44.7 Å². The number of rotatable bonds is 10. The molecule has 0 N–H and O–H groups in total. The fourth-order valence-corrected chi connectivity index (χ4v) is 6.67. The lowest BCUT2D eigenvalue weighted by Crippen LogP contribution is -2.24. The molecule has 3 aromatic carbocycles. The second-order valence-electron chi connectivity index (χ2n) is 12.6. The van der Waals surface area contributed by atoms with E-state index in [0.29, 0.717) is 28.2 Å². The van der Waals surface area contributed by atoms with Crippen LogP contribution >= 0.6 is 0 Å². The number of carbonyl (C=O) groups is 6. The summed E-state index contributed by atoms with van der Waals surface area (Å²) >= 11 is 0. The van der Waals surface area contributed by atoms with Gasteiger partial charge in [-0.15, -0.1) is 0 Å². The summed E-state index contributed by atoms with van der Waals surface area (Å²) in [6, 6.07) is 17.0. The molecule has 0 spiro atoms. The van der Waals surface area contributed by atoms with Gasteiger partial charge >= 0.3 is 35.8 Å². The number of ether oxygens (including phenoxy) is 6. The maximum atomic E-state index is 12.6. The van der Waals surface area contributed by atoms with Gasteiger partial charge in [-0.05, 0) is 70.7 Å². The van der Waals surface area contributed by atoms with Crippen molar-refractivity contribution in [3.05, 3.63) is 112 Å². The highest BCUT2D eigenvalue weighted by Crippen LogP contribution is 2.56. The zero-order valence-corrected chi connectivity index (χ0v) is 30.3. The minimum atomic E-state index is -0.647. The van der Waals surface area contributed by atoms with Crippen molar-refractivity contribution in [2.24, 2.45) is 11.8 Å². The predicted molar refractivity (Wildman–Crippen MR) is 189 cm³/mol. The molecule has 0 saturated carbocycles. The summed E-state index contributed by atoms with van der Waals surface area (Å²) in [7, 11) is 0. The molecule has 0 amide bonds. The van der Waals surface area contributed by atoms with Crippen LogP contribution in [0.1, 0.15) is 76.6 Å². The van der Waals surface area contributed by atoms with Crippen LogP contribution < -0.4 is 18.9 Å². The summed E-state index contributed by atoms with van der Waals surface area (Å²) in [6.45, 7) is 9.53. The van der Waals surface area contributed by atoms with Crippen LogP contribution in [-0.4, -0.2) is 35.8 Å². The molecule has 2 aliphatic rings. The number of carbonyl (C=O) groups excluding carboxylic acids is 6. The molecule has 0 aromatic heterocycles. The third-order valence-corrected chi connectivity index (χ3v) is 8.44. The highest BCUT2D eigenvalue weighted by Gasteiger charge is 2.43. The van der Waals surface area contributed by atoms with Gasteiger partial charge in [0, 0.05) is 77.0 Å². The van der Waals surface area contributed by atoms with E-state index in [9.17, 15) is 28.8 Å². The van der Waals surface area contributed by atoms with Crippen molar-refractivity contribution >= 4 is 41.4 Å². The van der Waals surface area contributed by atoms with E-state index in [1.165, 1.54) is 53.7 Å². The lowest BCUT2D eigenvalue weighted by molar-refractivity contribution is -0.138. The molecule has 3 atom stereocenters. The second-order valence-corrected chi connectivity index (χ2v) is 12.6. The Morgan fingerprint density at radius 2 is 1.09 bits per heavy atom. The molecule has 0 fully saturated rings. The molecular formula is C41H38O12. The first-order valence-corrected chi connectivity index (χ1v) is 16.7. The lowest BCUT2D eigenvalue weighted by Gasteiger charge is -2.32. The Morgan fingerprint density at radius 1 is 0.585 bits per heavy atom. The maximum absolute atomic E-state index is 12.6. The van der Waals surface area contributed by atoms with E-state index in [0.717, 1.165) is 16.7 Å². The zero-order valence-electron chi connectivity index (χ0n) is 30.3. The van der Waals surface area contributed by atoms with Gasteiger partial charge in [-0.1, -0.05) is 31.2 Å². The van der Waals surface area contributed by atoms with Gasteiger partial charge in [-0.2, -0.15) is 0 Å². The predicted octanol–water partition coefficient (Wildman–Crippen LogP) is 6.69. The van der Waals surface area contributed by atoms with E-state index in [-0.39, 0.29) is 29.4 Å². The first kappa shape index (κ1) is 37.9. The topological polar surface area (TPSA) is 158 Å². The SMILES string of the molecule is CC(=O)OC1=CC(C2=C(Cc3ccc(OC(C)=O)cc3)c3cc(OC(C)=O)cc(OC(C)=O)c3[C@@H]2c2ccc(OC(C)=O)cc2)C(C)C(OC(C)=O)=C1. The number of esters is 6. The normalized spacial score (nSPS) is 17.5. The van der Waals surface area contributed by atoms with Crippen LogP contribution in [0.5, 0.6) is 23.0 Å². The third kappa shape index (κ3) is 9.14. The van der Waals surface area contributed by atoms with Crippen LogP contribution in [0.3, 0.4) is 0 Å². The minimum absolute atomic E-state index is 0.133. The Bertz CT molecular complexity index is 2080. The molecule has 0 heterocycles. The molecule has 2 unspecified atom stereocenters. The molecule has 3 aromatic rings. The molecule has 12 nitrogen and oxygen atoms in total. The van der Waals surface area contributed by atoms with Crippen LogP contribution in [0, 0.1) is 11.8 Å². The Hall–Kier alpha value is -6.30. The second kappa shape index (κ2) is 15.9. The van der Waals surface area contributed by atoms with Gasteiger partial charge in [-0.3, -0.25) is 28.8 Å². The van der Waals surface area contributed by atoms with Gasteiger partial charge in [-0.25, -0.2) is 0 Å². The van der Waals surface area contributed by atoms with E-state index >= 15 is 0 Å². The monoisotopic (exact) mass is 722 g/mol. The zero-order chi connectivity index (χ0) is 38.6. The van der Waals surface area contributed by atoms with Crippen molar-refractivity contribution in [3.63, 3.8) is 0 Å².